The second kappa shape index (κ2) is 2.20. The SMILES string of the molecule is Nc1cn2nc(Br)ccc2n1. The van der Waals surface area contributed by atoms with Gasteiger partial charge in [-0.25, -0.2) is 9.50 Å². The van der Waals surface area contributed by atoms with Crippen LogP contribution in [0.4, 0.5) is 5.82 Å². The number of rotatable bonds is 0. The Balaban J connectivity index is 2.82. The van der Waals surface area contributed by atoms with Gasteiger partial charge in [0.2, 0.25) is 0 Å². The monoisotopic (exact) mass is 212 g/mol. The van der Waals surface area contributed by atoms with Crippen LogP contribution in [-0.2, 0) is 0 Å². The molecule has 0 unspecified atom stereocenters. The van der Waals surface area contributed by atoms with Crippen LogP contribution >= 0.6 is 15.9 Å². The number of hydrogen-bond acceptors (Lipinski definition) is 3. The minimum Gasteiger partial charge on any atom is -0.382 e. The number of nitrogens with zero attached hydrogens (tertiary/aromatic N) is 3. The molecule has 0 aliphatic carbocycles. The molecule has 0 spiro atoms. The van der Waals surface area contributed by atoms with Gasteiger partial charge < -0.3 is 5.73 Å². The van der Waals surface area contributed by atoms with Gasteiger partial charge in [0.1, 0.15) is 10.4 Å². The molecule has 0 amide bonds. The lowest BCUT2D eigenvalue weighted by molar-refractivity contribution is 0.917. The van der Waals surface area contributed by atoms with Crippen molar-refractivity contribution in [1.82, 2.24) is 14.6 Å². The maximum absolute atomic E-state index is 5.45. The zero-order chi connectivity index (χ0) is 7.84. The lowest BCUT2D eigenvalue weighted by atomic mass is 10.6. The number of imidazole rings is 1. The average Bonchev–Trinajstić information content (AvgIpc) is 2.27. The first-order valence-electron chi connectivity index (χ1n) is 3.03. The summed E-state index contributed by atoms with van der Waals surface area (Å²) in [6.45, 7) is 0. The van der Waals surface area contributed by atoms with Crippen molar-refractivity contribution in [3.8, 4) is 0 Å². The third kappa shape index (κ3) is 1.07. The highest BCUT2D eigenvalue weighted by Gasteiger charge is 1.97. The van der Waals surface area contributed by atoms with E-state index in [1.807, 2.05) is 12.1 Å². The van der Waals surface area contributed by atoms with Gasteiger partial charge in [0.05, 0.1) is 6.20 Å². The molecule has 11 heavy (non-hydrogen) atoms. The number of anilines is 1. The molecule has 0 saturated heterocycles. The Morgan fingerprint density at radius 3 is 3.09 bits per heavy atom. The van der Waals surface area contributed by atoms with E-state index in [1.54, 1.807) is 10.7 Å². The Kier molecular flexibility index (Phi) is 1.32. The lowest BCUT2D eigenvalue weighted by Crippen LogP contribution is -1.88. The number of fused-ring (bicyclic) bond motifs is 1. The Morgan fingerprint density at radius 2 is 2.27 bits per heavy atom. The number of hydrogen-bond donors (Lipinski definition) is 1. The molecule has 0 saturated carbocycles. The van der Waals surface area contributed by atoms with E-state index in [-0.39, 0.29) is 0 Å². The van der Waals surface area contributed by atoms with Crippen molar-refractivity contribution >= 4 is 27.4 Å². The second-order valence-corrected chi connectivity index (χ2v) is 2.94. The minimum absolute atomic E-state index is 0.482. The molecule has 0 aliphatic heterocycles. The van der Waals surface area contributed by atoms with E-state index < -0.39 is 0 Å². The van der Waals surface area contributed by atoms with E-state index >= 15 is 0 Å². The molecule has 0 aliphatic rings. The Morgan fingerprint density at radius 1 is 1.45 bits per heavy atom. The molecule has 4 nitrogen and oxygen atoms in total. The largest absolute Gasteiger partial charge is 0.382 e. The van der Waals surface area contributed by atoms with E-state index in [1.165, 1.54) is 0 Å². The predicted molar refractivity (Wildman–Crippen MR) is 45.1 cm³/mol. The third-order valence-electron chi connectivity index (χ3n) is 1.31. The molecule has 0 atom stereocenters. The molecule has 56 valence electrons. The highest BCUT2D eigenvalue weighted by molar-refractivity contribution is 9.10. The first-order valence-corrected chi connectivity index (χ1v) is 3.82. The minimum atomic E-state index is 0.482. The fourth-order valence-corrected chi connectivity index (χ4v) is 1.18. The van der Waals surface area contributed by atoms with Crippen molar-refractivity contribution in [1.29, 1.82) is 0 Å². The van der Waals surface area contributed by atoms with Crippen molar-refractivity contribution in [2.45, 2.75) is 0 Å². The van der Waals surface area contributed by atoms with Gasteiger partial charge in [-0.2, -0.15) is 5.10 Å². The first-order chi connectivity index (χ1) is 5.25. The summed E-state index contributed by atoms with van der Waals surface area (Å²) in [4.78, 5) is 4.01. The average molecular weight is 213 g/mol. The van der Waals surface area contributed by atoms with Crippen LogP contribution in [0.3, 0.4) is 0 Å². The molecule has 2 N–H and O–H groups in total. The van der Waals surface area contributed by atoms with Crippen LogP contribution in [0.15, 0.2) is 22.9 Å². The summed E-state index contributed by atoms with van der Waals surface area (Å²) in [5.41, 5.74) is 6.21. The van der Waals surface area contributed by atoms with Crippen LogP contribution < -0.4 is 5.73 Å². The first kappa shape index (κ1) is 6.60. The van der Waals surface area contributed by atoms with Crippen molar-refractivity contribution in [2.75, 3.05) is 5.73 Å². The van der Waals surface area contributed by atoms with Gasteiger partial charge in [-0.3, -0.25) is 0 Å². The predicted octanol–water partition coefficient (Wildman–Crippen LogP) is 1.07. The van der Waals surface area contributed by atoms with Crippen LogP contribution in [0.5, 0.6) is 0 Å². The molecular formula is C6H5BrN4. The van der Waals surface area contributed by atoms with E-state index in [4.69, 9.17) is 5.73 Å². The van der Waals surface area contributed by atoms with Gasteiger partial charge in [-0.05, 0) is 28.1 Å². The summed E-state index contributed by atoms with van der Waals surface area (Å²) in [6, 6.07) is 3.66. The van der Waals surface area contributed by atoms with Crippen LogP contribution in [0.2, 0.25) is 0 Å². The number of aromatic nitrogens is 3. The van der Waals surface area contributed by atoms with Crippen molar-refractivity contribution in [3.05, 3.63) is 22.9 Å². The number of nitrogen functional groups attached to an aromatic ring is 1. The lowest BCUT2D eigenvalue weighted by Gasteiger charge is -1.90. The van der Waals surface area contributed by atoms with Crippen LogP contribution in [0.1, 0.15) is 0 Å². The molecular weight excluding hydrogens is 208 g/mol. The van der Waals surface area contributed by atoms with E-state index in [0.717, 1.165) is 10.3 Å². The molecule has 2 heterocycles. The number of halogens is 1. The fraction of sp³-hybridized carbons (Fsp3) is 0. The normalized spacial score (nSPS) is 10.6. The highest BCUT2D eigenvalue weighted by atomic mass is 79.9. The zero-order valence-electron chi connectivity index (χ0n) is 5.53. The van der Waals surface area contributed by atoms with Crippen LogP contribution in [0.25, 0.3) is 5.65 Å². The van der Waals surface area contributed by atoms with E-state index in [0.29, 0.717) is 5.82 Å². The van der Waals surface area contributed by atoms with Crippen LogP contribution in [-0.4, -0.2) is 14.6 Å². The highest BCUT2D eigenvalue weighted by Crippen LogP contribution is 2.08. The summed E-state index contributed by atoms with van der Waals surface area (Å²) in [5.74, 6) is 0.482. The summed E-state index contributed by atoms with van der Waals surface area (Å²) in [7, 11) is 0. The summed E-state index contributed by atoms with van der Waals surface area (Å²) >= 11 is 3.24. The topological polar surface area (TPSA) is 56.2 Å². The Labute approximate surface area is 71.2 Å². The molecule has 0 aromatic carbocycles. The zero-order valence-corrected chi connectivity index (χ0v) is 7.12. The van der Waals surface area contributed by atoms with E-state index in [2.05, 4.69) is 26.0 Å². The van der Waals surface area contributed by atoms with E-state index in [9.17, 15) is 0 Å². The quantitative estimate of drug-likeness (QED) is 0.712. The molecule has 2 rings (SSSR count). The van der Waals surface area contributed by atoms with Gasteiger partial charge in [-0.15, -0.1) is 0 Å². The van der Waals surface area contributed by atoms with Gasteiger partial charge in [-0.1, -0.05) is 0 Å². The molecule has 0 bridgehead atoms. The Bertz CT molecular complexity index is 394. The molecule has 0 fully saturated rings. The standard InChI is InChI=1S/C6H5BrN4/c7-4-1-2-6-9-5(8)3-11(6)10-4/h1-3H,8H2. The van der Waals surface area contributed by atoms with Gasteiger partial charge >= 0.3 is 0 Å². The van der Waals surface area contributed by atoms with Crippen molar-refractivity contribution in [2.24, 2.45) is 0 Å². The molecule has 2 aromatic heterocycles. The fourth-order valence-electron chi connectivity index (χ4n) is 0.877. The van der Waals surface area contributed by atoms with Crippen molar-refractivity contribution in [3.63, 3.8) is 0 Å². The van der Waals surface area contributed by atoms with Crippen LogP contribution in [0, 0.1) is 0 Å². The van der Waals surface area contributed by atoms with Crippen molar-refractivity contribution < 1.29 is 0 Å². The Hall–Kier alpha value is -1.10. The summed E-state index contributed by atoms with van der Waals surface area (Å²) in [5, 5.41) is 4.09. The molecule has 0 radical (unpaired) electrons. The van der Waals surface area contributed by atoms with Gasteiger partial charge in [0.25, 0.3) is 0 Å². The maximum atomic E-state index is 5.45. The van der Waals surface area contributed by atoms with Gasteiger partial charge in [0.15, 0.2) is 5.65 Å². The second-order valence-electron chi connectivity index (χ2n) is 2.12. The molecule has 2 aromatic rings. The third-order valence-corrected chi connectivity index (χ3v) is 1.73. The smallest absolute Gasteiger partial charge is 0.156 e. The molecule has 5 heteroatoms. The number of nitrogens with two attached hydrogens (primary N) is 1. The summed E-state index contributed by atoms with van der Waals surface area (Å²) in [6.07, 6.45) is 1.67. The summed E-state index contributed by atoms with van der Waals surface area (Å²) < 4.78 is 2.39. The maximum Gasteiger partial charge on any atom is 0.156 e. The van der Waals surface area contributed by atoms with Gasteiger partial charge in [0, 0.05) is 0 Å².